The Labute approximate surface area is 155 Å². The van der Waals surface area contributed by atoms with Gasteiger partial charge in [-0.15, -0.1) is 0 Å². The van der Waals surface area contributed by atoms with Crippen LogP contribution in [-0.4, -0.2) is 40.3 Å². The average molecular weight is 360 g/mol. The highest BCUT2D eigenvalue weighted by molar-refractivity contribution is 5.91. The van der Waals surface area contributed by atoms with Crippen molar-refractivity contribution < 1.29 is 24.5 Å². The van der Waals surface area contributed by atoms with E-state index < -0.39 is 23.0 Å². The van der Waals surface area contributed by atoms with Gasteiger partial charge in [-0.2, -0.15) is 0 Å². The third-order valence-electron chi connectivity index (χ3n) is 5.90. The Kier molecular flexibility index (Phi) is 4.70. The summed E-state index contributed by atoms with van der Waals surface area (Å²) in [6.07, 6.45) is 12.5. The molecule has 0 unspecified atom stereocenters. The number of carbonyl (C=O) groups excluding carboxylic acids is 1. The molecule has 0 saturated carbocycles. The maximum Gasteiger partial charge on any atom is 0.339 e. The highest BCUT2D eigenvalue weighted by atomic mass is 16.6. The first-order valence-electron chi connectivity index (χ1n) is 9.12. The van der Waals surface area contributed by atoms with Crippen LogP contribution in [0.5, 0.6) is 0 Å². The third-order valence-corrected chi connectivity index (χ3v) is 5.90. The molecule has 0 saturated heterocycles. The van der Waals surface area contributed by atoms with Crippen molar-refractivity contribution in [1.82, 2.24) is 0 Å². The largest absolute Gasteiger partial charge is 0.466 e. The van der Waals surface area contributed by atoms with Crippen molar-refractivity contribution in [3.05, 3.63) is 42.4 Å². The highest BCUT2D eigenvalue weighted by Crippen LogP contribution is 2.48. The topological polar surface area (TPSA) is 76.0 Å². The first-order valence-corrected chi connectivity index (χ1v) is 9.12. The monoisotopic (exact) mass is 360 g/mol. The van der Waals surface area contributed by atoms with Gasteiger partial charge < -0.3 is 19.7 Å². The minimum absolute atomic E-state index is 0.0513. The molecule has 2 heterocycles. The molecule has 0 aromatic heterocycles. The van der Waals surface area contributed by atoms with Crippen molar-refractivity contribution in [3.63, 3.8) is 0 Å². The van der Waals surface area contributed by atoms with Gasteiger partial charge in [-0.05, 0) is 50.0 Å². The van der Waals surface area contributed by atoms with E-state index in [1.165, 1.54) is 13.2 Å². The van der Waals surface area contributed by atoms with E-state index in [0.29, 0.717) is 12.3 Å². The summed E-state index contributed by atoms with van der Waals surface area (Å²) in [5.74, 6) is -2.46. The zero-order valence-corrected chi connectivity index (χ0v) is 16.0. The second-order valence-electron chi connectivity index (χ2n) is 8.28. The first-order chi connectivity index (χ1) is 12.0. The minimum atomic E-state index is -1.86. The van der Waals surface area contributed by atoms with Gasteiger partial charge in [-0.3, -0.25) is 0 Å². The fraction of sp³-hybridized carbons (Fsp3) is 0.619. The van der Waals surface area contributed by atoms with Crippen molar-refractivity contribution >= 4 is 5.97 Å². The first kappa shape index (κ1) is 19.3. The minimum Gasteiger partial charge on any atom is -0.466 e. The number of esters is 1. The molecule has 26 heavy (non-hydrogen) atoms. The van der Waals surface area contributed by atoms with Crippen LogP contribution < -0.4 is 0 Å². The van der Waals surface area contributed by atoms with Crippen LogP contribution in [0.3, 0.4) is 0 Å². The van der Waals surface area contributed by atoms with Crippen molar-refractivity contribution in [2.24, 2.45) is 23.7 Å². The number of ether oxygens (including phenoxy) is 2. The number of rotatable bonds is 2. The van der Waals surface area contributed by atoms with Crippen LogP contribution >= 0.6 is 0 Å². The van der Waals surface area contributed by atoms with Crippen LogP contribution in [0.2, 0.25) is 0 Å². The summed E-state index contributed by atoms with van der Waals surface area (Å²) in [5, 5.41) is 22.0. The number of allylic oxidation sites excluding steroid dienone is 2. The lowest BCUT2D eigenvalue weighted by Gasteiger charge is -2.44. The summed E-state index contributed by atoms with van der Waals surface area (Å²) in [5.41, 5.74) is -1.94. The predicted molar refractivity (Wildman–Crippen MR) is 96.6 cm³/mol. The molecule has 0 amide bonds. The fourth-order valence-corrected chi connectivity index (χ4v) is 4.30. The van der Waals surface area contributed by atoms with Crippen LogP contribution in [0.25, 0.3) is 0 Å². The Morgan fingerprint density at radius 2 is 2.00 bits per heavy atom. The second kappa shape index (κ2) is 6.32. The lowest BCUT2D eigenvalue weighted by Crippen LogP contribution is -2.44. The molecule has 2 aliphatic heterocycles. The average Bonchev–Trinajstić information content (AvgIpc) is 2.88. The summed E-state index contributed by atoms with van der Waals surface area (Å²) in [4.78, 5) is 12.5. The van der Waals surface area contributed by atoms with Crippen LogP contribution in [0.1, 0.15) is 34.1 Å². The summed E-state index contributed by atoms with van der Waals surface area (Å²) in [7, 11) is 1.28. The Hall–Kier alpha value is -1.43. The van der Waals surface area contributed by atoms with Gasteiger partial charge in [-0.1, -0.05) is 38.2 Å². The van der Waals surface area contributed by atoms with Gasteiger partial charge in [0.15, 0.2) is 0 Å². The maximum atomic E-state index is 12.5. The predicted octanol–water partition coefficient (Wildman–Crippen LogP) is 2.43. The molecule has 5 nitrogen and oxygen atoms in total. The summed E-state index contributed by atoms with van der Waals surface area (Å²) < 4.78 is 10.7. The SMILES string of the molecule is COC(=O)/C1=C/[C@@H]2[C@@H](C[C][C@@]3(C)C=C[C@@]1(O)O3)[C@](C)(O)C=C[C@H]2C(C)C. The zero-order chi connectivity index (χ0) is 19.3. The molecule has 142 valence electrons. The molecular weight excluding hydrogens is 332 g/mol. The summed E-state index contributed by atoms with van der Waals surface area (Å²) in [6.45, 7) is 7.77. The Morgan fingerprint density at radius 1 is 1.31 bits per heavy atom. The van der Waals surface area contributed by atoms with E-state index in [9.17, 15) is 15.0 Å². The van der Waals surface area contributed by atoms with Crippen molar-refractivity contribution in [3.8, 4) is 0 Å². The molecule has 0 spiro atoms. The van der Waals surface area contributed by atoms with E-state index in [-0.39, 0.29) is 23.3 Å². The number of aliphatic hydroxyl groups is 2. The number of fused-ring (bicyclic) bond motifs is 3. The molecule has 0 aromatic carbocycles. The van der Waals surface area contributed by atoms with E-state index in [2.05, 4.69) is 20.3 Å². The number of hydrogen-bond donors (Lipinski definition) is 2. The molecular formula is C21H28O5. The second-order valence-corrected chi connectivity index (χ2v) is 8.28. The Balaban J connectivity index is 2.17. The van der Waals surface area contributed by atoms with Gasteiger partial charge in [0.1, 0.15) is 0 Å². The van der Waals surface area contributed by atoms with Crippen LogP contribution in [-0.2, 0) is 14.3 Å². The van der Waals surface area contributed by atoms with Crippen molar-refractivity contribution in [2.75, 3.05) is 7.11 Å². The molecule has 1 aliphatic carbocycles. The fourth-order valence-electron chi connectivity index (χ4n) is 4.30. The summed E-state index contributed by atoms with van der Waals surface area (Å²) >= 11 is 0. The van der Waals surface area contributed by atoms with Gasteiger partial charge in [-0.25, -0.2) is 4.79 Å². The van der Waals surface area contributed by atoms with E-state index in [0.717, 1.165) is 0 Å². The van der Waals surface area contributed by atoms with E-state index in [4.69, 9.17) is 9.47 Å². The Morgan fingerprint density at radius 3 is 2.62 bits per heavy atom. The van der Waals surface area contributed by atoms with Gasteiger partial charge >= 0.3 is 5.97 Å². The number of methoxy groups -OCH3 is 1. The van der Waals surface area contributed by atoms with E-state index in [1.807, 2.05) is 12.2 Å². The van der Waals surface area contributed by atoms with Crippen molar-refractivity contribution in [1.29, 1.82) is 0 Å². The lowest BCUT2D eigenvalue weighted by atomic mass is 9.63. The molecule has 2 N–H and O–H groups in total. The van der Waals surface area contributed by atoms with Gasteiger partial charge in [0.25, 0.3) is 0 Å². The van der Waals surface area contributed by atoms with Crippen molar-refractivity contribution in [2.45, 2.75) is 51.1 Å². The van der Waals surface area contributed by atoms with Crippen LogP contribution in [0, 0.1) is 30.1 Å². The normalized spacial score (nSPS) is 46.8. The molecule has 5 heteroatoms. The maximum absolute atomic E-state index is 12.5. The van der Waals surface area contributed by atoms with Crippen LogP contribution in [0.4, 0.5) is 0 Å². The number of hydrogen-bond acceptors (Lipinski definition) is 5. The zero-order valence-electron chi connectivity index (χ0n) is 16.0. The van der Waals surface area contributed by atoms with E-state index >= 15 is 0 Å². The Bertz CT molecular complexity index is 674. The van der Waals surface area contributed by atoms with E-state index in [1.54, 1.807) is 26.0 Å². The quantitative estimate of drug-likeness (QED) is 0.584. The number of carbonyl (C=O) groups is 1. The lowest BCUT2D eigenvalue weighted by molar-refractivity contribution is -0.177. The molecule has 3 rings (SSSR count). The third kappa shape index (κ3) is 3.17. The standard InChI is InChI=1S/C21H28O5/c1-13(2)14-6-9-20(4,23)16-7-8-19(3)10-11-21(24,26-19)17(12-15(14)16)18(22)25-5/h6,9-16,23-24H,7H2,1-5H3/b17-12-/t14-,15-,16+,19-,20+,21+/m0/s1. The molecule has 2 radical (unpaired) electrons. The molecule has 0 fully saturated rings. The van der Waals surface area contributed by atoms with Gasteiger partial charge in [0.2, 0.25) is 5.79 Å². The van der Waals surface area contributed by atoms with Gasteiger partial charge in [0.05, 0.1) is 23.9 Å². The smallest absolute Gasteiger partial charge is 0.339 e. The van der Waals surface area contributed by atoms with Gasteiger partial charge in [0, 0.05) is 6.42 Å². The van der Waals surface area contributed by atoms with Crippen LogP contribution in [0.15, 0.2) is 36.0 Å². The summed E-state index contributed by atoms with van der Waals surface area (Å²) in [6, 6.07) is 0. The molecule has 0 aromatic rings. The molecule has 3 aliphatic rings. The molecule has 6 atom stereocenters. The highest BCUT2D eigenvalue weighted by Gasteiger charge is 2.51. The molecule has 2 bridgehead atoms.